The first-order chi connectivity index (χ1) is 7.86. The number of hydrogen-bond donors (Lipinski definition) is 1. The second-order valence-electron chi connectivity index (χ2n) is 3.69. The van der Waals surface area contributed by atoms with Gasteiger partial charge in [0.15, 0.2) is 0 Å². The zero-order valence-electron chi connectivity index (χ0n) is 9.10. The van der Waals surface area contributed by atoms with Crippen molar-refractivity contribution in [2.45, 2.75) is 0 Å². The number of hydrogen-bond acceptors (Lipinski definition) is 3. The Balaban J connectivity index is 1.93. The highest BCUT2D eigenvalue weighted by Crippen LogP contribution is 2.01. The average Bonchev–Trinajstić information content (AvgIpc) is 2.38. The van der Waals surface area contributed by atoms with E-state index in [9.17, 15) is 4.79 Å². The number of carbonyl (C=O) groups is 1. The number of aromatic nitrogens is 1. The van der Waals surface area contributed by atoms with E-state index in [4.69, 9.17) is 0 Å². The molecule has 4 heteroatoms. The molecule has 0 spiro atoms. The third-order valence-corrected chi connectivity index (χ3v) is 2.55. The third-order valence-electron chi connectivity index (χ3n) is 2.55. The van der Waals surface area contributed by atoms with Crippen LogP contribution in [0.1, 0.15) is 5.56 Å². The molecule has 0 aromatic carbocycles. The lowest BCUT2D eigenvalue weighted by atomic mass is 10.2. The van der Waals surface area contributed by atoms with Crippen molar-refractivity contribution in [2.75, 3.05) is 26.2 Å². The minimum atomic E-state index is 0.0818. The normalized spacial score (nSPS) is 16.6. The summed E-state index contributed by atoms with van der Waals surface area (Å²) in [6, 6.07) is 3.75. The van der Waals surface area contributed by atoms with Crippen LogP contribution >= 0.6 is 0 Å². The number of nitrogens with one attached hydrogen (secondary N) is 1. The molecular weight excluding hydrogens is 202 g/mol. The van der Waals surface area contributed by atoms with Gasteiger partial charge in [-0.3, -0.25) is 9.78 Å². The fourth-order valence-corrected chi connectivity index (χ4v) is 1.63. The summed E-state index contributed by atoms with van der Waals surface area (Å²) in [5.41, 5.74) is 0.999. The fourth-order valence-electron chi connectivity index (χ4n) is 1.63. The molecule has 1 aliphatic heterocycles. The van der Waals surface area contributed by atoms with Crippen molar-refractivity contribution >= 4 is 12.0 Å². The van der Waals surface area contributed by atoms with Crippen LogP contribution in [0.5, 0.6) is 0 Å². The quantitative estimate of drug-likeness (QED) is 0.735. The number of rotatable bonds is 2. The van der Waals surface area contributed by atoms with Crippen molar-refractivity contribution in [3.63, 3.8) is 0 Å². The maximum absolute atomic E-state index is 11.8. The Labute approximate surface area is 95.0 Å². The van der Waals surface area contributed by atoms with Gasteiger partial charge in [0.1, 0.15) is 0 Å². The predicted molar refractivity (Wildman–Crippen MR) is 62.7 cm³/mol. The first kappa shape index (κ1) is 10.8. The topological polar surface area (TPSA) is 45.2 Å². The molecule has 1 saturated heterocycles. The summed E-state index contributed by atoms with van der Waals surface area (Å²) < 4.78 is 0. The van der Waals surface area contributed by atoms with Crippen LogP contribution in [0.2, 0.25) is 0 Å². The van der Waals surface area contributed by atoms with Gasteiger partial charge in [-0.15, -0.1) is 0 Å². The van der Waals surface area contributed by atoms with Crippen molar-refractivity contribution in [1.29, 1.82) is 0 Å². The molecule has 16 heavy (non-hydrogen) atoms. The SMILES string of the molecule is O=C(/C=C/c1ccncc1)N1CCNCC1. The van der Waals surface area contributed by atoms with Crippen molar-refractivity contribution in [1.82, 2.24) is 15.2 Å². The number of amides is 1. The zero-order chi connectivity index (χ0) is 11.2. The van der Waals surface area contributed by atoms with Crippen LogP contribution in [0, 0.1) is 0 Å². The summed E-state index contributed by atoms with van der Waals surface area (Å²) in [6.07, 6.45) is 6.89. The maximum atomic E-state index is 11.8. The molecule has 84 valence electrons. The Bertz CT molecular complexity index is 369. The van der Waals surface area contributed by atoms with E-state index in [1.54, 1.807) is 18.5 Å². The van der Waals surface area contributed by atoms with Gasteiger partial charge in [-0.2, -0.15) is 0 Å². The standard InChI is InChI=1S/C12H15N3O/c16-12(15-9-7-14-8-10-15)2-1-11-3-5-13-6-4-11/h1-6,14H,7-10H2/b2-1+. The summed E-state index contributed by atoms with van der Waals surface area (Å²) in [5, 5.41) is 3.22. The van der Waals surface area contributed by atoms with Crippen molar-refractivity contribution in [3.8, 4) is 0 Å². The Kier molecular flexibility index (Phi) is 3.66. The van der Waals surface area contributed by atoms with E-state index in [1.807, 2.05) is 23.1 Å². The molecule has 1 aromatic rings. The van der Waals surface area contributed by atoms with Gasteiger partial charge < -0.3 is 10.2 Å². The molecule has 2 heterocycles. The van der Waals surface area contributed by atoms with E-state index in [0.29, 0.717) is 0 Å². The molecule has 1 aliphatic rings. The van der Waals surface area contributed by atoms with Gasteiger partial charge in [-0.05, 0) is 23.8 Å². The Morgan fingerprint density at radius 2 is 2.00 bits per heavy atom. The molecule has 0 unspecified atom stereocenters. The molecule has 2 rings (SSSR count). The van der Waals surface area contributed by atoms with E-state index < -0.39 is 0 Å². The van der Waals surface area contributed by atoms with Crippen LogP contribution in [0.25, 0.3) is 6.08 Å². The lowest BCUT2D eigenvalue weighted by molar-refractivity contribution is -0.126. The summed E-state index contributed by atoms with van der Waals surface area (Å²) in [5.74, 6) is 0.0818. The van der Waals surface area contributed by atoms with Crippen LogP contribution in [0.3, 0.4) is 0 Å². The summed E-state index contributed by atoms with van der Waals surface area (Å²) >= 11 is 0. The van der Waals surface area contributed by atoms with Gasteiger partial charge in [-0.1, -0.05) is 0 Å². The molecule has 0 saturated carbocycles. The Morgan fingerprint density at radius 1 is 1.31 bits per heavy atom. The zero-order valence-corrected chi connectivity index (χ0v) is 9.10. The van der Waals surface area contributed by atoms with Gasteiger partial charge in [-0.25, -0.2) is 0 Å². The number of pyridine rings is 1. The monoisotopic (exact) mass is 217 g/mol. The van der Waals surface area contributed by atoms with Crippen LogP contribution < -0.4 is 5.32 Å². The lowest BCUT2D eigenvalue weighted by Gasteiger charge is -2.26. The second-order valence-corrected chi connectivity index (χ2v) is 3.69. The van der Waals surface area contributed by atoms with Gasteiger partial charge >= 0.3 is 0 Å². The molecule has 0 atom stereocenters. The minimum Gasteiger partial charge on any atom is -0.337 e. The number of piperazine rings is 1. The van der Waals surface area contributed by atoms with Crippen molar-refractivity contribution in [2.24, 2.45) is 0 Å². The minimum absolute atomic E-state index is 0.0818. The van der Waals surface area contributed by atoms with Crippen LogP contribution in [-0.4, -0.2) is 42.0 Å². The van der Waals surface area contributed by atoms with Crippen molar-refractivity contribution in [3.05, 3.63) is 36.2 Å². The highest BCUT2D eigenvalue weighted by atomic mass is 16.2. The maximum Gasteiger partial charge on any atom is 0.246 e. The molecule has 0 bridgehead atoms. The molecule has 4 nitrogen and oxygen atoms in total. The first-order valence-corrected chi connectivity index (χ1v) is 5.44. The Hall–Kier alpha value is -1.68. The smallest absolute Gasteiger partial charge is 0.246 e. The second kappa shape index (κ2) is 5.42. The Morgan fingerprint density at radius 3 is 2.69 bits per heavy atom. The summed E-state index contributed by atoms with van der Waals surface area (Å²) in [6.45, 7) is 3.35. The lowest BCUT2D eigenvalue weighted by Crippen LogP contribution is -2.45. The van der Waals surface area contributed by atoms with E-state index in [2.05, 4.69) is 10.3 Å². The molecule has 0 radical (unpaired) electrons. The van der Waals surface area contributed by atoms with Gasteiger partial charge in [0.05, 0.1) is 0 Å². The molecule has 1 aromatic heterocycles. The van der Waals surface area contributed by atoms with E-state index in [-0.39, 0.29) is 5.91 Å². The van der Waals surface area contributed by atoms with E-state index in [1.165, 1.54) is 0 Å². The van der Waals surface area contributed by atoms with Gasteiger partial charge in [0.2, 0.25) is 5.91 Å². The van der Waals surface area contributed by atoms with Crippen LogP contribution in [0.15, 0.2) is 30.6 Å². The molecular formula is C12H15N3O. The largest absolute Gasteiger partial charge is 0.337 e. The van der Waals surface area contributed by atoms with E-state index >= 15 is 0 Å². The average molecular weight is 217 g/mol. The number of nitrogens with zero attached hydrogens (tertiary/aromatic N) is 2. The van der Waals surface area contributed by atoms with Gasteiger partial charge in [0.25, 0.3) is 0 Å². The van der Waals surface area contributed by atoms with Crippen LogP contribution in [-0.2, 0) is 4.79 Å². The predicted octanol–water partition coefficient (Wildman–Crippen LogP) is 0.527. The van der Waals surface area contributed by atoms with Crippen molar-refractivity contribution < 1.29 is 4.79 Å². The first-order valence-electron chi connectivity index (χ1n) is 5.44. The van der Waals surface area contributed by atoms with Crippen LogP contribution in [0.4, 0.5) is 0 Å². The highest BCUT2D eigenvalue weighted by Gasteiger charge is 2.12. The molecule has 1 N–H and O–H groups in total. The van der Waals surface area contributed by atoms with E-state index in [0.717, 1.165) is 31.7 Å². The highest BCUT2D eigenvalue weighted by molar-refractivity contribution is 5.91. The third kappa shape index (κ3) is 2.90. The fraction of sp³-hybridized carbons (Fsp3) is 0.333. The number of carbonyl (C=O) groups excluding carboxylic acids is 1. The molecule has 1 fully saturated rings. The molecule has 1 amide bonds. The van der Waals surface area contributed by atoms with Gasteiger partial charge in [0, 0.05) is 44.6 Å². The summed E-state index contributed by atoms with van der Waals surface area (Å²) in [7, 11) is 0. The molecule has 0 aliphatic carbocycles. The summed E-state index contributed by atoms with van der Waals surface area (Å²) in [4.78, 5) is 17.5.